The molecule has 0 fully saturated rings. The van der Waals surface area contributed by atoms with E-state index in [0.29, 0.717) is 22.8 Å². The molecule has 4 aromatic heterocycles. The molecule has 144 valence electrons. The molecule has 8 heteroatoms. The van der Waals surface area contributed by atoms with E-state index in [1.54, 1.807) is 23.7 Å². The van der Waals surface area contributed by atoms with E-state index >= 15 is 0 Å². The van der Waals surface area contributed by atoms with Gasteiger partial charge in [0, 0.05) is 17.8 Å². The van der Waals surface area contributed by atoms with Crippen LogP contribution in [-0.2, 0) is 5.41 Å². The second-order valence-corrected chi connectivity index (χ2v) is 8.08. The number of nitrogen functional groups attached to an aromatic ring is 1. The Hall–Kier alpha value is -3.57. The van der Waals surface area contributed by atoms with E-state index in [1.165, 1.54) is 0 Å². The van der Waals surface area contributed by atoms with Crippen LogP contribution in [0.1, 0.15) is 25.1 Å². The van der Waals surface area contributed by atoms with Gasteiger partial charge in [-0.1, -0.05) is 5.16 Å². The van der Waals surface area contributed by atoms with Crippen LogP contribution in [0.4, 0.5) is 5.82 Å². The molecule has 0 spiro atoms. The van der Waals surface area contributed by atoms with Crippen LogP contribution in [0.5, 0.6) is 0 Å². The fourth-order valence-electron chi connectivity index (χ4n) is 2.84. The Morgan fingerprint density at radius 3 is 2.72 bits per heavy atom. The van der Waals surface area contributed by atoms with Crippen LogP contribution in [0, 0.1) is 18.3 Å². The maximum absolute atomic E-state index is 9.39. The van der Waals surface area contributed by atoms with Gasteiger partial charge in [0.25, 0.3) is 0 Å². The number of aryl methyl sites for hydroxylation is 1. The number of hydrogen-bond acceptors (Lipinski definition) is 8. The third-order valence-electron chi connectivity index (χ3n) is 4.61. The molecular weight excluding hydrogens is 384 g/mol. The molecule has 0 aromatic carbocycles. The number of nitriles is 1. The van der Waals surface area contributed by atoms with Gasteiger partial charge in [-0.2, -0.15) is 5.26 Å². The lowest BCUT2D eigenvalue weighted by Crippen LogP contribution is -2.15. The highest BCUT2D eigenvalue weighted by Crippen LogP contribution is 2.33. The molecule has 4 heterocycles. The van der Waals surface area contributed by atoms with E-state index in [1.807, 2.05) is 50.4 Å². The van der Waals surface area contributed by atoms with E-state index in [-0.39, 0.29) is 5.82 Å². The summed E-state index contributed by atoms with van der Waals surface area (Å²) in [6.07, 6.45) is 3.26. The van der Waals surface area contributed by atoms with Crippen molar-refractivity contribution in [2.75, 3.05) is 5.73 Å². The fraction of sp³-hybridized carbons (Fsp3) is 0.190. The highest BCUT2D eigenvalue weighted by Gasteiger charge is 2.22. The number of pyridine rings is 1. The highest BCUT2D eigenvalue weighted by atomic mass is 32.1. The molecule has 0 radical (unpaired) electrons. The lowest BCUT2D eigenvalue weighted by atomic mass is 9.90. The van der Waals surface area contributed by atoms with Gasteiger partial charge in [-0.15, -0.1) is 11.3 Å². The van der Waals surface area contributed by atoms with Gasteiger partial charge in [-0.05, 0) is 49.9 Å². The summed E-state index contributed by atoms with van der Waals surface area (Å²) in [5, 5.41) is 15.6. The standard InChI is InChI=1S/C21H18N6OS/c1-12-5-7-29-19(12)14-9-16(28-27-14)18-20(23)25-10-15(26-18)13-4-6-24-17(8-13)21(2,3)11-22/h4-10H,1-3H3,(H2,23,25). The molecular formula is C21H18N6OS. The summed E-state index contributed by atoms with van der Waals surface area (Å²) in [6.45, 7) is 5.67. The molecule has 4 aromatic rings. The Balaban J connectivity index is 1.75. The quantitative estimate of drug-likeness (QED) is 0.530. The van der Waals surface area contributed by atoms with Crippen molar-refractivity contribution in [3.05, 3.63) is 53.3 Å². The van der Waals surface area contributed by atoms with Crippen molar-refractivity contribution < 1.29 is 4.52 Å². The average molecular weight is 402 g/mol. The number of nitrogens with zero attached hydrogens (tertiary/aromatic N) is 5. The van der Waals surface area contributed by atoms with E-state index in [0.717, 1.165) is 21.7 Å². The van der Waals surface area contributed by atoms with Crippen molar-refractivity contribution in [3.63, 3.8) is 0 Å². The van der Waals surface area contributed by atoms with Crippen molar-refractivity contribution >= 4 is 17.2 Å². The molecule has 0 saturated heterocycles. The van der Waals surface area contributed by atoms with Crippen molar-refractivity contribution in [2.45, 2.75) is 26.2 Å². The van der Waals surface area contributed by atoms with E-state index < -0.39 is 5.41 Å². The highest BCUT2D eigenvalue weighted by molar-refractivity contribution is 7.13. The van der Waals surface area contributed by atoms with E-state index in [2.05, 4.69) is 26.2 Å². The summed E-state index contributed by atoms with van der Waals surface area (Å²) in [6, 6.07) is 9.78. The first-order chi connectivity index (χ1) is 13.9. The van der Waals surface area contributed by atoms with Gasteiger partial charge >= 0.3 is 0 Å². The summed E-state index contributed by atoms with van der Waals surface area (Å²) in [5.41, 5.74) is 9.71. The van der Waals surface area contributed by atoms with Crippen LogP contribution in [0.25, 0.3) is 33.3 Å². The normalized spacial score (nSPS) is 11.4. The molecule has 0 aliphatic rings. The largest absolute Gasteiger partial charge is 0.382 e. The lowest BCUT2D eigenvalue weighted by molar-refractivity contribution is 0.434. The SMILES string of the molecule is Cc1ccsc1-c1cc(-c2nc(-c3ccnc(C(C)(C)C#N)c3)cnc2N)on1. The Morgan fingerprint density at radius 2 is 2.00 bits per heavy atom. The molecule has 4 rings (SSSR count). The molecule has 0 atom stereocenters. The van der Waals surface area contributed by atoms with Crippen LogP contribution >= 0.6 is 11.3 Å². The zero-order chi connectivity index (χ0) is 20.6. The van der Waals surface area contributed by atoms with Crippen molar-refractivity contribution in [3.8, 4) is 39.4 Å². The number of nitrogens with two attached hydrogens (primary N) is 1. The van der Waals surface area contributed by atoms with Crippen LogP contribution in [0.3, 0.4) is 0 Å². The topological polar surface area (TPSA) is 115 Å². The first-order valence-corrected chi connectivity index (χ1v) is 9.79. The predicted molar refractivity (Wildman–Crippen MR) is 112 cm³/mol. The van der Waals surface area contributed by atoms with Crippen molar-refractivity contribution in [1.82, 2.24) is 20.1 Å². The minimum atomic E-state index is -0.710. The second-order valence-electron chi connectivity index (χ2n) is 7.16. The first kappa shape index (κ1) is 18.8. The fourth-order valence-corrected chi connectivity index (χ4v) is 3.72. The zero-order valence-electron chi connectivity index (χ0n) is 16.2. The van der Waals surface area contributed by atoms with Crippen molar-refractivity contribution in [2.24, 2.45) is 0 Å². The van der Waals surface area contributed by atoms with Gasteiger partial charge in [0.15, 0.2) is 17.3 Å². The average Bonchev–Trinajstić information content (AvgIpc) is 3.37. The van der Waals surface area contributed by atoms with Crippen molar-refractivity contribution in [1.29, 1.82) is 5.26 Å². The Bertz CT molecular complexity index is 1230. The number of anilines is 1. The van der Waals surface area contributed by atoms with Gasteiger partial charge in [0.1, 0.15) is 5.69 Å². The number of aromatic nitrogens is 4. The van der Waals surface area contributed by atoms with Crippen LogP contribution in [0.15, 0.2) is 46.6 Å². The predicted octanol–water partition coefficient (Wildman–Crippen LogP) is 4.61. The van der Waals surface area contributed by atoms with Gasteiger partial charge in [0.05, 0.1) is 33.9 Å². The monoisotopic (exact) mass is 402 g/mol. The summed E-state index contributed by atoms with van der Waals surface area (Å²) < 4.78 is 5.52. The molecule has 7 nitrogen and oxygen atoms in total. The number of thiophene rings is 1. The summed E-state index contributed by atoms with van der Waals surface area (Å²) >= 11 is 1.60. The molecule has 0 bridgehead atoms. The molecule has 0 unspecified atom stereocenters. The molecule has 0 amide bonds. The molecule has 29 heavy (non-hydrogen) atoms. The first-order valence-electron chi connectivity index (χ1n) is 8.91. The number of hydrogen-bond donors (Lipinski definition) is 1. The van der Waals surface area contributed by atoms with Gasteiger partial charge in [-0.25, -0.2) is 9.97 Å². The maximum atomic E-state index is 9.39. The summed E-state index contributed by atoms with van der Waals surface area (Å²) in [7, 11) is 0. The molecule has 0 aliphatic carbocycles. The van der Waals surface area contributed by atoms with E-state index in [4.69, 9.17) is 10.3 Å². The number of rotatable bonds is 4. The molecule has 0 aliphatic heterocycles. The summed E-state index contributed by atoms with van der Waals surface area (Å²) in [4.78, 5) is 14.3. The third-order valence-corrected chi connectivity index (χ3v) is 5.65. The Kier molecular flexibility index (Phi) is 4.60. The Labute approximate surface area is 171 Å². The minimum Gasteiger partial charge on any atom is -0.382 e. The van der Waals surface area contributed by atoms with Gasteiger partial charge in [-0.3, -0.25) is 4.98 Å². The van der Waals surface area contributed by atoms with E-state index in [9.17, 15) is 5.26 Å². The van der Waals surface area contributed by atoms with Crippen LogP contribution in [0.2, 0.25) is 0 Å². The third kappa shape index (κ3) is 3.48. The van der Waals surface area contributed by atoms with Crippen LogP contribution < -0.4 is 5.73 Å². The Morgan fingerprint density at radius 1 is 1.17 bits per heavy atom. The maximum Gasteiger partial charge on any atom is 0.189 e. The van der Waals surface area contributed by atoms with Gasteiger partial charge in [0.2, 0.25) is 0 Å². The smallest absolute Gasteiger partial charge is 0.189 e. The lowest BCUT2D eigenvalue weighted by Gasteiger charge is -2.15. The molecule has 0 saturated carbocycles. The minimum absolute atomic E-state index is 0.256. The van der Waals surface area contributed by atoms with Crippen LogP contribution in [-0.4, -0.2) is 20.1 Å². The zero-order valence-corrected chi connectivity index (χ0v) is 17.0. The second kappa shape index (κ2) is 7.11. The molecule has 2 N–H and O–H groups in total. The van der Waals surface area contributed by atoms with Gasteiger partial charge < -0.3 is 10.3 Å². The summed E-state index contributed by atoms with van der Waals surface area (Å²) in [5.74, 6) is 0.706.